The SMILES string of the molecule is CCCC(N)C(=O)NCC1(C)CCC1. The van der Waals surface area contributed by atoms with Crippen molar-refractivity contribution in [3.8, 4) is 0 Å². The zero-order chi connectivity index (χ0) is 10.6. The van der Waals surface area contributed by atoms with Crippen LogP contribution in [-0.2, 0) is 4.79 Å². The number of nitrogens with one attached hydrogen (secondary N) is 1. The summed E-state index contributed by atoms with van der Waals surface area (Å²) >= 11 is 0. The minimum atomic E-state index is -0.316. The summed E-state index contributed by atoms with van der Waals surface area (Å²) in [6.45, 7) is 5.06. The van der Waals surface area contributed by atoms with Crippen molar-refractivity contribution in [3.05, 3.63) is 0 Å². The monoisotopic (exact) mass is 198 g/mol. The summed E-state index contributed by atoms with van der Waals surface area (Å²) in [5, 5.41) is 2.95. The molecule has 14 heavy (non-hydrogen) atoms. The summed E-state index contributed by atoms with van der Waals surface area (Å²) in [6.07, 6.45) is 5.51. The van der Waals surface area contributed by atoms with Crippen LogP contribution in [0.15, 0.2) is 0 Å². The first kappa shape index (κ1) is 11.5. The van der Waals surface area contributed by atoms with Gasteiger partial charge in [-0.25, -0.2) is 0 Å². The van der Waals surface area contributed by atoms with Crippen molar-refractivity contribution in [1.29, 1.82) is 0 Å². The van der Waals surface area contributed by atoms with Crippen LogP contribution >= 0.6 is 0 Å². The lowest BCUT2D eigenvalue weighted by molar-refractivity contribution is -0.123. The number of hydrogen-bond acceptors (Lipinski definition) is 2. The Kier molecular flexibility index (Phi) is 3.93. The van der Waals surface area contributed by atoms with Crippen LogP contribution in [0.1, 0.15) is 46.0 Å². The van der Waals surface area contributed by atoms with Gasteiger partial charge in [0.25, 0.3) is 0 Å². The van der Waals surface area contributed by atoms with Gasteiger partial charge in [0.1, 0.15) is 0 Å². The Balaban J connectivity index is 2.20. The number of hydrogen-bond donors (Lipinski definition) is 2. The molecule has 0 aromatic rings. The van der Waals surface area contributed by atoms with Crippen molar-refractivity contribution in [1.82, 2.24) is 5.32 Å². The van der Waals surface area contributed by atoms with Crippen LogP contribution in [0.25, 0.3) is 0 Å². The highest BCUT2D eigenvalue weighted by Gasteiger charge is 2.32. The predicted octanol–water partition coefficient (Wildman–Crippen LogP) is 1.42. The van der Waals surface area contributed by atoms with Crippen LogP contribution in [0.5, 0.6) is 0 Å². The van der Waals surface area contributed by atoms with Crippen molar-refractivity contribution in [2.45, 2.75) is 52.0 Å². The molecule has 1 aliphatic carbocycles. The second-order valence-corrected chi connectivity index (χ2v) is 4.78. The van der Waals surface area contributed by atoms with Crippen LogP contribution in [0.4, 0.5) is 0 Å². The Labute approximate surface area is 86.4 Å². The number of carbonyl (C=O) groups is 1. The highest BCUT2D eigenvalue weighted by Crippen LogP contribution is 2.39. The van der Waals surface area contributed by atoms with Crippen LogP contribution in [0, 0.1) is 5.41 Å². The van der Waals surface area contributed by atoms with Gasteiger partial charge in [0.15, 0.2) is 0 Å². The maximum absolute atomic E-state index is 11.5. The van der Waals surface area contributed by atoms with Crippen molar-refractivity contribution < 1.29 is 4.79 Å². The quantitative estimate of drug-likeness (QED) is 0.702. The Bertz CT molecular complexity index is 199. The van der Waals surface area contributed by atoms with Crippen LogP contribution in [0.2, 0.25) is 0 Å². The average molecular weight is 198 g/mol. The third-order valence-corrected chi connectivity index (χ3v) is 3.19. The highest BCUT2D eigenvalue weighted by atomic mass is 16.2. The number of amides is 1. The molecule has 0 spiro atoms. The summed E-state index contributed by atoms with van der Waals surface area (Å²) < 4.78 is 0. The molecule has 3 nitrogen and oxygen atoms in total. The molecule has 0 saturated heterocycles. The number of carbonyl (C=O) groups excluding carboxylic acids is 1. The van der Waals surface area contributed by atoms with Crippen molar-refractivity contribution >= 4 is 5.91 Å². The molecule has 3 heteroatoms. The van der Waals surface area contributed by atoms with E-state index in [4.69, 9.17) is 5.73 Å². The first-order chi connectivity index (χ1) is 6.57. The fraction of sp³-hybridized carbons (Fsp3) is 0.909. The van der Waals surface area contributed by atoms with E-state index in [1.807, 2.05) is 6.92 Å². The lowest BCUT2D eigenvalue weighted by atomic mass is 9.70. The summed E-state index contributed by atoms with van der Waals surface area (Å²) in [5.74, 6) is 0.0139. The van der Waals surface area contributed by atoms with Crippen molar-refractivity contribution in [2.24, 2.45) is 11.1 Å². The zero-order valence-electron chi connectivity index (χ0n) is 9.31. The van der Waals surface area contributed by atoms with Gasteiger partial charge in [-0.2, -0.15) is 0 Å². The molecule has 0 heterocycles. The van der Waals surface area contributed by atoms with Crippen molar-refractivity contribution in [2.75, 3.05) is 6.54 Å². The summed E-state index contributed by atoms with van der Waals surface area (Å²) in [5.41, 5.74) is 6.05. The third kappa shape index (κ3) is 2.98. The van der Waals surface area contributed by atoms with E-state index in [1.165, 1.54) is 19.3 Å². The van der Waals surface area contributed by atoms with Gasteiger partial charge in [-0.15, -0.1) is 0 Å². The first-order valence-corrected chi connectivity index (χ1v) is 5.61. The standard InChI is InChI=1S/C11H22N2O/c1-3-5-9(12)10(14)13-8-11(2)6-4-7-11/h9H,3-8,12H2,1-2H3,(H,13,14). The van der Waals surface area contributed by atoms with Gasteiger partial charge < -0.3 is 11.1 Å². The van der Waals surface area contributed by atoms with Gasteiger partial charge in [-0.05, 0) is 24.7 Å². The number of nitrogens with two attached hydrogens (primary N) is 1. The molecule has 1 rings (SSSR count). The Morgan fingerprint density at radius 1 is 1.57 bits per heavy atom. The van der Waals surface area contributed by atoms with E-state index in [1.54, 1.807) is 0 Å². The summed E-state index contributed by atoms with van der Waals surface area (Å²) in [7, 11) is 0. The average Bonchev–Trinajstić information content (AvgIpc) is 2.11. The van der Waals surface area contributed by atoms with E-state index in [0.29, 0.717) is 5.41 Å². The molecule has 1 saturated carbocycles. The van der Waals surface area contributed by atoms with Gasteiger partial charge in [0, 0.05) is 6.54 Å². The second kappa shape index (κ2) is 4.78. The molecule has 0 radical (unpaired) electrons. The second-order valence-electron chi connectivity index (χ2n) is 4.78. The molecule has 1 unspecified atom stereocenters. The van der Waals surface area contributed by atoms with Crippen molar-refractivity contribution in [3.63, 3.8) is 0 Å². The van der Waals surface area contributed by atoms with Gasteiger partial charge in [-0.3, -0.25) is 4.79 Å². The molecule has 0 aromatic heterocycles. The fourth-order valence-electron chi connectivity index (χ4n) is 1.83. The molecule has 1 atom stereocenters. The normalized spacial score (nSPS) is 21.1. The Hall–Kier alpha value is -0.570. The van der Waals surface area contributed by atoms with E-state index in [-0.39, 0.29) is 11.9 Å². The minimum Gasteiger partial charge on any atom is -0.354 e. The van der Waals surface area contributed by atoms with Gasteiger partial charge in [0.2, 0.25) is 5.91 Å². The topological polar surface area (TPSA) is 55.1 Å². The third-order valence-electron chi connectivity index (χ3n) is 3.19. The number of rotatable bonds is 5. The fourth-order valence-corrected chi connectivity index (χ4v) is 1.83. The van der Waals surface area contributed by atoms with E-state index < -0.39 is 0 Å². The molecule has 0 aromatic carbocycles. The Morgan fingerprint density at radius 2 is 2.21 bits per heavy atom. The maximum Gasteiger partial charge on any atom is 0.236 e. The predicted molar refractivity (Wildman–Crippen MR) is 57.9 cm³/mol. The molecule has 1 fully saturated rings. The van der Waals surface area contributed by atoms with E-state index in [2.05, 4.69) is 12.2 Å². The van der Waals surface area contributed by atoms with E-state index in [0.717, 1.165) is 19.4 Å². The molecule has 82 valence electrons. The minimum absolute atomic E-state index is 0.0139. The summed E-state index contributed by atoms with van der Waals surface area (Å²) in [4.78, 5) is 11.5. The largest absolute Gasteiger partial charge is 0.354 e. The van der Waals surface area contributed by atoms with E-state index in [9.17, 15) is 4.79 Å². The van der Waals surface area contributed by atoms with E-state index >= 15 is 0 Å². The van der Waals surface area contributed by atoms with Gasteiger partial charge in [0.05, 0.1) is 6.04 Å². The summed E-state index contributed by atoms with van der Waals surface area (Å²) in [6, 6.07) is -0.316. The van der Waals surface area contributed by atoms with Crippen LogP contribution in [-0.4, -0.2) is 18.5 Å². The van der Waals surface area contributed by atoms with Gasteiger partial charge >= 0.3 is 0 Å². The first-order valence-electron chi connectivity index (χ1n) is 5.61. The van der Waals surface area contributed by atoms with Crippen LogP contribution in [0.3, 0.4) is 0 Å². The molecule has 1 aliphatic rings. The molecule has 3 N–H and O–H groups in total. The smallest absolute Gasteiger partial charge is 0.236 e. The molecule has 0 aliphatic heterocycles. The highest BCUT2D eigenvalue weighted by molar-refractivity contribution is 5.81. The molecular formula is C11H22N2O. The van der Waals surface area contributed by atoms with Gasteiger partial charge in [-0.1, -0.05) is 26.7 Å². The van der Waals surface area contributed by atoms with Crippen LogP contribution < -0.4 is 11.1 Å². The molecule has 0 bridgehead atoms. The Morgan fingerprint density at radius 3 is 2.64 bits per heavy atom. The molecule has 1 amide bonds. The lowest BCUT2D eigenvalue weighted by Gasteiger charge is -2.38. The maximum atomic E-state index is 11.5. The lowest BCUT2D eigenvalue weighted by Crippen LogP contribution is -2.46. The zero-order valence-corrected chi connectivity index (χ0v) is 9.31. The molecular weight excluding hydrogens is 176 g/mol.